The van der Waals surface area contributed by atoms with Gasteiger partial charge in [0.05, 0.1) is 6.04 Å². The molecule has 1 aromatic heterocycles. The van der Waals surface area contributed by atoms with Crippen molar-refractivity contribution in [2.45, 2.75) is 32.2 Å². The van der Waals surface area contributed by atoms with Crippen LogP contribution in [0.2, 0.25) is 0 Å². The summed E-state index contributed by atoms with van der Waals surface area (Å²) in [5.41, 5.74) is 0. The molecule has 0 saturated carbocycles. The molecule has 3 heteroatoms. The predicted molar refractivity (Wildman–Crippen MR) is 61.5 cm³/mol. The first kappa shape index (κ1) is 10.4. The third-order valence-electron chi connectivity index (χ3n) is 3.02. The van der Waals surface area contributed by atoms with Gasteiger partial charge in [0.15, 0.2) is 0 Å². The summed E-state index contributed by atoms with van der Waals surface area (Å²) < 4.78 is 0. The lowest BCUT2D eigenvalue weighted by atomic mass is 9.94. The Hall–Kier alpha value is -1.09. The van der Waals surface area contributed by atoms with Gasteiger partial charge in [-0.15, -0.1) is 0 Å². The fourth-order valence-corrected chi connectivity index (χ4v) is 2.00. The van der Waals surface area contributed by atoms with Crippen molar-refractivity contribution < 1.29 is 0 Å². The van der Waals surface area contributed by atoms with Crippen LogP contribution in [-0.4, -0.2) is 16.5 Å². The summed E-state index contributed by atoms with van der Waals surface area (Å²) in [4.78, 5) is 7.38. The highest BCUT2D eigenvalue weighted by Crippen LogP contribution is 2.18. The molecule has 0 saturated heterocycles. The predicted octanol–water partition coefficient (Wildman–Crippen LogP) is 2.42. The fourth-order valence-electron chi connectivity index (χ4n) is 2.00. The monoisotopic (exact) mass is 205 g/mol. The Labute approximate surface area is 91.0 Å². The Morgan fingerprint density at radius 3 is 3.20 bits per heavy atom. The van der Waals surface area contributed by atoms with E-state index in [1.54, 1.807) is 6.20 Å². The van der Waals surface area contributed by atoms with Crippen LogP contribution in [0.5, 0.6) is 0 Å². The number of hydrogen-bond acceptors (Lipinski definition) is 2. The average molecular weight is 205 g/mol. The molecular formula is C12H19N3. The number of aromatic amines is 1. The van der Waals surface area contributed by atoms with Gasteiger partial charge in [-0.2, -0.15) is 0 Å². The number of hydrogen-bond donors (Lipinski definition) is 2. The number of H-pyrrole nitrogens is 1. The van der Waals surface area contributed by atoms with E-state index in [1.165, 1.54) is 19.3 Å². The Balaban J connectivity index is 1.75. The molecule has 1 heterocycles. The molecule has 2 unspecified atom stereocenters. The van der Waals surface area contributed by atoms with Gasteiger partial charge in [0.1, 0.15) is 5.82 Å². The van der Waals surface area contributed by atoms with E-state index in [1.807, 2.05) is 6.20 Å². The van der Waals surface area contributed by atoms with Crippen LogP contribution in [0.1, 0.15) is 38.1 Å². The van der Waals surface area contributed by atoms with E-state index in [0.717, 1.165) is 18.3 Å². The normalized spacial score (nSPS) is 22.9. The number of imidazole rings is 1. The van der Waals surface area contributed by atoms with Crippen LogP contribution in [0.3, 0.4) is 0 Å². The molecule has 0 fully saturated rings. The summed E-state index contributed by atoms with van der Waals surface area (Å²) in [5.74, 6) is 1.83. The smallest absolute Gasteiger partial charge is 0.122 e. The molecule has 1 aliphatic carbocycles. The first-order chi connectivity index (χ1) is 7.36. The zero-order valence-electron chi connectivity index (χ0n) is 9.24. The fraction of sp³-hybridized carbons (Fsp3) is 0.583. The Bertz CT molecular complexity index is 303. The Kier molecular flexibility index (Phi) is 3.56. The van der Waals surface area contributed by atoms with Crippen molar-refractivity contribution in [2.24, 2.45) is 5.92 Å². The van der Waals surface area contributed by atoms with Crippen LogP contribution < -0.4 is 5.32 Å². The molecule has 0 aromatic carbocycles. The first-order valence-corrected chi connectivity index (χ1v) is 5.74. The third-order valence-corrected chi connectivity index (χ3v) is 3.02. The highest BCUT2D eigenvalue weighted by atomic mass is 15.0. The van der Waals surface area contributed by atoms with Crippen molar-refractivity contribution in [1.29, 1.82) is 0 Å². The molecule has 0 bridgehead atoms. The van der Waals surface area contributed by atoms with Gasteiger partial charge in [0, 0.05) is 12.4 Å². The minimum atomic E-state index is 0.325. The Morgan fingerprint density at radius 2 is 2.53 bits per heavy atom. The first-order valence-electron chi connectivity index (χ1n) is 5.74. The summed E-state index contributed by atoms with van der Waals surface area (Å²) in [6.07, 6.45) is 12.0. The Morgan fingerprint density at radius 1 is 1.60 bits per heavy atom. The maximum absolute atomic E-state index is 4.25. The lowest BCUT2D eigenvalue weighted by Crippen LogP contribution is -2.26. The van der Waals surface area contributed by atoms with Gasteiger partial charge in [0.2, 0.25) is 0 Å². The van der Waals surface area contributed by atoms with Gasteiger partial charge >= 0.3 is 0 Å². The highest BCUT2D eigenvalue weighted by Gasteiger charge is 2.12. The number of aromatic nitrogens is 2. The van der Waals surface area contributed by atoms with Gasteiger partial charge < -0.3 is 10.3 Å². The van der Waals surface area contributed by atoms with Gasteiger partial charge in [0.25, 0.3) is 0 Å². The largest absolute Gasteiger partial charge is 0.347 e. The van der Waals surface area contributed by atoms with Crippen molar-refractivity contribution in [3.05, 3.63) is 30.4 Å². The van der Waals surface area contributed by atoms with Crippen molar-refractivity contribution >= 4 is 0 Å². The van der Waals surface area contributed by atoms with Crippen molar-refractivity contribution in [3.8, 4) is 0 Å². The molecule has 0 amide bonds. The van der Waals surface area contributed by atoms with E-state index in [-0.39, 0.29) is 0 Å². The number of rotatable bonds is 4. The molecule has 2 N–H and O–H groups in total. The summed E-state index contributed by atoms with van der Waals surface area (Å²) in [5, 5.41) is 3.53. The standard InChI is InChI=1S/C12H19N3/c1-10(12-13-7-8-14-12)15-9-11-5-3-2-4-6-11/h2-3,7-8,10-11,15H,4-6,9H2,1H3,(H,13,14). The minimum Gasteiger partial charge on any atom is -0.347 e. The lowest BCUT2D eigenvalue weighted by molar-refractivity contribution is 0.410. The van der Waals surface area contributed by atoms with Crippen LogP contribution in [0, 0.1) is 5.92 Å². The summed E-state index contributed by atoms with van der Waals surface area (Å²) in [6, 6.07) is 0.325. The second-order valence-electron chi connectivity index (χ2n) is 4.25. The summed E-state index contributed by atoms with van der Waals surface area (Å²) >= 11 is 0. The minimum absolute atomic E-state index is 0.325. The second-order valence-corrected chi connectivity index (χ2v) is 4.25. The van der Waals surface area contributed by atoms with Gasteiger partial charge in [-0.3, -0.25) is 0 Å². The molecular weight excluding hydrogens is 186 g/mol. The number of nitrogens with one attached hydrogen (secondary N) is 2. The molecule has 3 nitrogen and oxygen atoms in total. The molecule has 0 spiro atoms. The lowest BCUT2D eigenvalue weighted by Gasteiger charge is -2.20. The maximum Gasteiger partial charge on any atom is 0.122 e. The zero-order valence-corrected chi connectivity index (χ0v) is 9.24. The highest BCUT2D eigenvalue weighted by molar-refractivity contribution is 4.95. The molecule has 82 valence electrons. The molecule has 0 aliphatic heterocycles. The van der Waals surface area contributed by atoms with Gasteiger partial charge in [-0.05, 0) is 38.6 Å². The van der Waals surface area contributed by atoms with E-state index in [9.17, 15) is 0 Å². The van der Waals surface area contributed by atoms with Crippen LogP contribution in [0.15, 0.2) is 24.5 Å². The topological polar surface area (TPSA) is 40.7 Å². The van der Waals surface area contributed by atoms with Gasteiger partial charge in [-0.1, -0.05) is 12.2 Å². The van der Waals surface area contributed by atoms with Crippen LogP contribution in [0.25, 0.3) is 0 Å². The maximum atomic E-state index is 4.25. The van der Waals surface area contributed by atoms with Crippen molar-refractivity contribution in [2.75, 3.05) is 6.54 Å². The van der Waals surface area contributed by atoms with E-state index in [2.05, 4.69) is 34.4 Å². The quantitative estimate of drug-likeness (QED) is 0.741. The van der Waals surface area contributed by atoms with E-state index in [0.29, 0.717) is 6.04 Å². The van der Waals surface area contributed by atoms with E-state index >= 15 is 0 Å². The van der Waals surface area contributed by atoms with Crippen molar-refractivity contribution in [1.82, 2.24) is 15.3 Å². The zero-order chi connectivity index (χ0) is 10.5. The van der Waals surface area contributed by atoms with E-state index < -0.39 is 0 Å². The molecule has 2 atom stereocenters. The average Bonchev–Trinajstić information content (AvgIpc) is 2.81. The molecule has 1 aromatic rings. The second kappa shape index (κ2) is 5.12. The molecule has 15 heavy (non-hydrogen) atoms. The number of allylic oxidation sites excluding steroid dienone is 2. The van der Waals surface area contributed by atoms with Crippen LogP contribution >= 0.6 is 0 Å². The third kappa shape index (κ3) is 2.93. The van der Waals surface area contributed by atoms with Crippen LogP contribution in [0.4, 0.5) is 0 Å². The van der Waals surface area contributed by atoms with Crippen molar-refractivity contribution in [3.63, 3.8) is 0 Å². The summed E-state index contributed by atoms with van der Waals surface area (Å²) in [6.45, 7) is 3.24. The summed E-state index contributed by atoms with van der Waals surface area (Å²) in [7, 11) is 0. The molecule has 1 aliphatic rings. The van der Waals surface area contributed by atoms with Gasteiger partial charge in [-0.25, -0.2) is 4.98 Å². The molecule has 2 rings (SSSR count). The van der Waals surface area contributed by atoms with E-state index in [4.69, 9.17) is 0 Å². The number of nitrogens with zero attached hydrogens (tertiary/aromatic N) is 1. The molecule has 0 radical (unpaired) electrons. The van der Waals surface area contributed by atoms with Crippen LogP contribution in [-0.2, 0) is 0 Å². The SMILES string of the molecule is CC(NCC1CC=CCC1)c1ncc[nH]1.